The van der Waals surface area contributed by atoms with Crippen molar-refractivity contribution in [2.45, 2.75) is 180 Å². The first kappa shape index (κ1) is 39.8. The van der Waals surface area contributed by atoms with Gasteiger partial charge in [0.15, 0.2) is 0 Å². The number of carbonyl (C=O) groups excluding carboxylic acids is 2. The van der Waals surface area contributed by atoms with E-state index in [0.29, 0.717) is 12.8 Å². The van der Waals surface area contributed by atoms with Crippen molar-refractivity contribution in [3.05, 3.63) is 0 Å². The zero-order chi connectivity index (χ0) is 30.2. The molecule has 0 aliphatic carbocycles. The van der Waals surface area contributed by atoms with Crippen LogP contribution in [0.4, 0.5) is 0 Å². The van der Waals surface area contributed by atoms with Crippen molar-refractivity contribution < 1.29 is 34.0 Å². The fraction of sp³-hybridized carbons (Fsp3) is 0.941. The van der Waals surface area contributed by atoms with Crippen LogP contribution in [0.1, 0.15) is 168 Å². The van der Waals surface area contributed by atoms with Crippen LogP contribution < -0.4 is 0 Å². The molecular formula is C34H66O7. The molecule has 0 saturated heterocycles. The Labute approximate surface area is 252 Å². The Bertz CT molecular complexity index is 521. The summed E-state index contributed by atoms with van der Waals surface area (Å²) in [4.78, 5) is 23.7. The van der Waals surface area contributed by atoms with Crippen LogP contribution in [0.15, 0.2) is 0 Å². The van der Waals surface area contributed by atoms with Gasteiger partial charge in [-0.3, -0.25) is 9.59 Å². The van der Waals surface area contributed by atoms with E-state index in [9.17, 15) is 19.8 Å². The summed E-state index contributed by atoms with van der Waals surface area (Å²) in [7, 11) is 0. The molecule has 0 rings (SSSR count). The maximum Gasteiger partial charge on any atom is 0.305 e. The van der Waals surface area contributed by atoms with Gasteiger partial charge in [0.2, 0.25) is 0 Å². The van der Waals surface area contributed by atoms with Crippen LogP contribution in [0.3, 0.4) is 0 Å². The molecule has 0 aromatic carbocycles. The van der Waals surface area contributed by atoms with Crippen molar-refractivity contribution in [3.8, 4) is 0 Å². The summed E-state index contributed by atoms with van der Waals surface area (Å²) in [5, 5.41) is 19.9. The SMILES string of the molecule is CCCCCCCCCCCCCC(=O)OCC(O)COCC(O)COC(=O)CCCCCCCCCCCCC. The third-order valence-electron chi connectivity index (χ3n) is 7.46. The van der Waals surface area contributed by atoms with E-state index in [-0.39, 0.29) is 38.4 Å². The van der Waals surface area contributed by atoms with Gasteiger partial charge >= 0.3 is 11.9 Å². The quantitative estimate of drug-likeness (QED) is 0.0605. The zero-order valence-corrected chi connectivity index (χ0v) is 26.9. The first-order valence-corrected chi connectivity index (χ1v) is 17.2. The van der Waals surface area contributed by atoms with Gasteiger partial charge in [-0.25, -0.2) is 0 Å². The van der Waals surface area contributed by atoms with Gasteiger partial charge < -0.3 is 24.4 Å². The second-order valence-corrected chi connectivity index (χ2v) is 11.8. The number of esters is 2. The van der Waals surface area contributed by atoms with Crippen LogP contribution in [-0.2, 0) is 23.8 Å². The average molecular weight is 587 g/mol. The van der Waals surface area contributed by atoms with Crippen molar-refractivity contribution in [1.29, 1.82) is 0 Å². The molecule has 2 N–H and O–H groups in total. The van der Waals surface area contributed by atoms with Gasteiger partial charge in [-0.1, -0.05) is 142 Å². The Hall–Kier alpha value is -1.18. The molecule has 0 fully saturated rings. The van der Waals surface area contributed by atoms with Gasteiger partial charge in [0.1, 0.15) is 25.4 Å². The van der Waals surface area contributed by atoms with Gasteiger partial charge in [0.05, 0.1) is 13.2 Å². The summed E-state index contributed by atoms with van der Waals surface area (Å²) in [6, 6.07) is 0. The number of aliphatic hydroxyl groups is 2. The Morgan fingerprint density at radius 1 is 0.439 bits per heavy atom. The highest BCUT2D eigenvalue weighted by Gasteiger charge is 2.13. The molecule has 7 nitrogen and oxygen atoms in total. The monoisotopic (exact) mass is 586 g/mol. The molecular weight excluding hydrogens is 520 g/mol. The molecule has 41 heavy (non-hydrogen) atoms. The van der Waals surface area contributed by atoms with Gasteiger partial charge in [-0.2, -0.15) is 0 Å². The molecule has 0 aromatic rings. The molecule has 0 spiro atoms. The Balaban J connectivity index is 3.50. The lowest BCUT2D eigenvalue weighted by atomic mass is 10.1. The minimum Gasteiger partial charge on any atom is -0.463 e. The van der Waals surface area contributed by atoms with Gasteiger partial charge in [0, 0.05) is 12.8 Å². The third-order valence-corrected chi connectivity index (χ3v) is 7.46. The summed E-state index contributed by atoms with van der Waals surface area (Å²) >= 11 is 0. The van der Waals surface area contributed by atoms with Gasteiger partial charge in [-0.15, -0.1) is 0 Å². The Kier molecular flexibility index (Phi) is 30.8. The third kappa shape index (κ3) is 31.6. The molecule has 0 aliphatic heterocycles. The van der Waals surface area contributed by atoms with E-state index in [1.807, 2.05) is 0 Å². The van der Waals surface area contributed by atoms with Gasteiger partial charge in [0.25, 0.3) is 0 Å². The summed E-state index contributed by atoms with van der Waals surface area (Å²) in [5.41, 5.74) is 0. The van der Waals surface area contributed by atoms with E-state index in [1.54, 1.807) is 0 Å². The maximum atomic E-state index is 11.9. The first-order valence-electron chi connectivity index (χ1n) is 17.2. The molecule has 0 bridgehead atoms. The van der Waals surface area contributed by atoms with E-state index in [4.69, 9.17) is 14.2 Å². The lowest BCUT2D eigenvalue weighted by Gasteiger charge is -2.15. The van der Waals surface area contributed by atoms with Crippen LogP contribution in [0.5, 0.6) is 0 Å². The van der Waals surface area contributed by atoms with Crippen molar-refractivity contribution >= 4 is 11.9 Å². The average Bonchev–Trinajstić information content (AvgIpc) is 2.96. The maximum absolute atomic E-state index is 11.9. The Morgan fingerprint density at radius 3 is 1.00 bits per heavy atom. The van der Waals surface area contributed by atoms with Crippen LogP contribution in [0, 0.1) is 0 Å². The fourth-order valence-corrected chi connectivity index (χ4v) is 4.83. The molecule has 2 unspecified atom stereocenters. The second-order valence-electron chi connectivity index (χ2n) is 11.8. The fourth-order valence-electron chi connectivity index (χ4n) is 4.83. The molecule has 0 radical (unpaired) electrons. The number of ether oxygens (including phenoxy) is 3. The smallest absolute Gasteiger partial charge is 0.305 e. The number of unbranched alkanes of at least 4 members (excludes halogenated alkanes) is 20. The molecule has 7 heteroatoms. The van der Waals surface area contributed by atoms with Crippen LogP contribution in [-0.4, -0.2) is 60.8 Å². The van der Waals surface area contributed by atoms with Gasteiger partial charge in [-0.05, 0) is 12.8 Å². The molecule has 0 aliphatic rings. The van der Waals surface area contributed by atoms with Crippen molar-refractivity contribution in [1.82, 2.24) is 0 Å². The predicted octanol–water partition coefficient (Wildman–Crippen LogP) is 8.21. The van der Waals surface area contributed by atoms with E-state index < -0.39 is 12.2 Å². The van der Waals surface area contributed by atoms with Crippen LogP contribution in [0.25, 0.3) is 0 Å². The van der Waals surface area contributed by atoms with Crippen molar-refractivity contribution in [2.24, 2.45) is 0 Å². The minimum atomic E-state index is -0.952. The highest BCUT2D eigenvalue weighted by molar-refractivity contribution is 5.69. The highest BCUT2D eigenvalue weighted by atomic mass is 16.6. The highest BCUT2D eigenvalue weighted by Crippen LogP contribution is 2.13. The lowest BCUT2D eigenvalue weighted by Crippen LogP contribution is -2.28. The predicted molar refractivity (Wildman–Crippen MR) is 167 cm³/mol. The zero-order valence-electron chi connectivity index (χ0n) is 26.9. The summed E-state index contributed by atoms with van der Waals surface area (Å²) in [6.07, 6.45) is 25.8. The Morgan fingerprint density at radius 2 is 0.707 bits per heavy atom. The second kappa shape index (κ2) is 31.7. The number of carbonyl (C=O) groups is 2. The van der Waals surface area contributed by atoms with Crippen LogP contribution >= 0.6 is 0 Å². The van der Waals surface area contributed by atoms with E-state index >= 15 is 0 Å². The summed E-state index contributed by atoms with van der Waals surface area (Å²) in [6.45, 7) is 4.11. The molecule has 0 amide bonds. The van der Waals surface area contributed by atoms with E-state index in [1.165, 1.54) is 103 Å². The molecule has 2 atom stereocenters. The minimum absolute atomic E-state index is 0.0600. The van der Waals surface area contributed by atoms with E-state index in [2.05, 4.69) is 13.8 Å². The van der Waals surface area contributed by atoms with E-state index in [0.717, 1.165) is 38.5 Å². The normalized spacial score (nSPS) is 12.8. The van der Waals surface area contributed by atoms with Crippen molar-refractivity contribution in [3.63, 3.8) is 0 Å². The molecule has 0 aromatic heterocycles. The number of aliphatic hydroxyl groups excluding tert-OH is 2. The first-order chi connectivity index (χ1) is 20.0. The van der Waals surface area contributed by atoms with Crippen molar-refractivity contribution in [2.75, 3.05) is 26.4 Å². The number of rotatable bonds is 32. The van der Waals surface area contributed by atoms with Crippen LogP contribution in [0.2, 0.25) is 0 Å². The molecule has 0 heterocycles. The molecule has 244 valence electrons. The standard InChI is InChI=1S/C34H66O7/c1-3-5-7-9-11-13-15-17-19-21-23-25-33(37)40-29-31(35)27-39-28-32(36)30-41-34(38)26-24-22-20-18-16-14-12-10-8-6-4-2/h31-32,35-36H,3-30H2,1-2H3. The summed E-state index contributed by atoms with van der Waals surface area (Å²) in [5.74, 6) is -0.602. The largest absolute Gasteiger partial charge is 0.463 e. The number of hydrogen-bond donors (Lipinski definition) is 2. The lowest BCUT2D eigenvalue weighted by molar-refractivity contribution is -0.149. The molecule has 0 saturated carbocycles. The topological polar surface area (TPSA) is 102 Å². The summed E-state index contributed by atoms with van der Waals surface area (Å²) < 4.78 is 15.5. The number of hydrogen-bond acceptors (Lipinski definition) is 7.